The Kier molecular flexibility index (Phi) is 7.49. The second-order valence-electron chi connectivity index (χ2n) is 9.23. The molecule has 206 valence electrons. The Morgan fingerprint density at radius 2 is 1.73 bits per heavy atom. The van der Waals surface area contributed by atoms with Gasteiger partial charge in [-0.05, 0) is 41.8 Å². The molecule has 5 aromatic rings. The molecule has 3 aromatic heterocycles. The van der Waals surface area contributed by atoms with Gasteiger partial charge in [-0.2, -0.15) is 5.10 Å². The van der Waals surface area contributed by atoms with Crippen LogP contribution < -0.4 is 5.32 Å². The van der Waals surface area contributed by atoms with Crippen molar-refractivity contribution in [3.8, 4) is 20.9 Å². The summed E-state index contributed by atoms with van der Waals surface area (Å²) >= 11 is 3.02. The van der Waals surface area contributed by atoms with Gasteiger partial charge in [-0.15, -0.1) is 22.7 Å². The molecular formula is C28H25N3O6S3. The van der Waals surface area contributed by atoms with Gasteiger partial charge in [0.2, 0.25) is 0 Å². The lowest BCUT2D eigenvalue weighted by molar-refractivity contribution is -0.136. The number of fused-ring (bicyclic) bond motifs is 1. The van der Waals surface area contributed by atoms with Crippen molar-refractivity contribution in [3.05, 3.63) is 78.0 Å². The quantitative estimate of drug-likeness (QED) is 0.213. The van der Waals surface area contributed by atoms with Crippen LogP contribution in [-0.2, 0) is 32.8 Å². The van der Waals surface area contributed by atoms with Crippen LogP contribution in [0.4, 0.5) is 10.6 Å². The van der Waals surface area contributed by atoms with E-state index in [1.165, 1.54) is 28.7 Å². The number of carbonyl (C=O) groups is 2. The topological polar surface area (TPSA) is 128 Å². The number of sulfone groups is 1. The molecule has 0 saturated heterocycles. The summed E-state index contributed by atoms with van der Waals surface area (Å²) in [5.74, 6) is -0.587. The number of thiophene rings is 2. The summed E-state index contributed by atoms with van der Waals surface area (Å²) in [5, 5.41) is 16.3. The smallest absolute Gasteiger partial charge is 0.413 e. The molecule has 0 spiro atoms. The van der Waals surface area contributed by atoms with Gasteiger partial charge in [0, 0.05) is 32.5 Å². The maximum Gasteiger partial charge on any atom is 0.413 e. The fourth-order valence-electron chi connectivity index (χ4n) is 4.32. The predicted molar refractivity (Wildman–Crippen MR) is 157 cm³/mol. The summed E-state index contributed by atoms with van der Waals surface area (Å²) in [4.78, 5) is 25.7. The van der Waals surface area contributed by atoms with Crippen molar-refractivity contribution < 1.29 is 27.9 Å². The predicted octanol–water partition coefficient (Wildman–Crippen LogP) is 6.37. The average molecular weight is 596 g/mol. The van der Waals surface area contributed by atoms with Gasteiger partial charge in [0.25, 0.3) is 0 Å². The molecule has 1 atom stereocenters. The number of nitrogens with zero attached hydrogens (tertiary/aromatic N) is 2. The van der Waals surface area contributed by atoms with Crippen LogP contribution in [0.3, 0.4) is 0 Å². The Labute approximate surface area is 238 Å². The van der Waals surface area contributed by atoms with Crippen molar-refractivity contribution in [3.63, 3.8) is 0 Å². The number of aliphatic carboxylic acids is 1. The summed E-state index contributed by atoms with van der Waals surface area (Å²) in [7, 11) is -1.88. The number of hydrogen-bond donors (Lipinski definition) is 2. The minimum Gasteiger partial charge on any atom is -0.481 e. The second kappa shape index (κ2) is 10.9. The lowest BCUT2D eigenvalue weighted by Crippen LogP contribution is -2.18. The van der Waals surface area contributed by atoms with Gasteiger partial charge in [0.1, 0.15) is 11.9 Å². The summed E-state index contributed by atoms with van der Waals surface area (Å²) in [6, 6.07) is 18.3. The largest absolute Gasteiger partial charge is 0.481 e. The van der Waals surface area contributed by atoms with Crippen LogP contribution in [0, 0.1) is 0 Å². The second-order valence-corrected chi connectivity index (χ2v) is 13.4. The van der Waals surface area contributed by atoms with E-state index in [1.54, 1.807) is 30.1 Å². The maximum absolute atomic E-state index is 12.7. The van der Waals surface area contributed by atoms with E-state index in [0.717, 1.165) is 36.5 Å². The molecule has 2 N–H and O–H groups in total. The van der Waals surface area contributed by atoms with Crippen LogP contribution in [0.5, 0.6) is 0 Å². The van der Waals surface area contributed by atoms with Crippen LogP contribution in [0.25, 0.3) is 30.3 Å². The molecule has 0 fully saturated rings. The monoisotopic (exact) mass is 595 g/mol. The number of nitrogens with one attached hydrogen (secondary N) is 1. The molecule has 5 rings (SSSR count). The molecule has 1 amide bonds. The number of carbonyl (C=O) groups excluding carboxylic acids is 1. The van der Waals surface area contributed by atoms with Gasteiger partial charge in [0.05, 0.1) is 23.1 Å². The van der Waals surface area contributed by atoms with Crippen molar-refractivity contribution in [1.82, 2.24) is 9.78 Å². The number of aryl methyl sites for hydroxylation is 1. The van der Waals surface area contributed by atoms with Gasteiger partial charge in [-0.3, -0.25) is 14.8 Å². The first kappa shape index (κ1) is 27.6. The highest BCUT2D eigenvalue weighted by Crippen LogP contribution is 2.43. The fourth-order valence-corrected chi connectivity index (χ4v) is 7.68. The number of carboxylic acids is 1. The highest BCUT2D eigenvalue weighted by Gasteiger charge is 2.21. The van der Waals surface area contributed by atoms with Gasteiger partial charge in [-0.25, -0.2) is 13.2 Å². The molecular weight excluding hydrogens is 571 g/mol. The van der Waals surface area contributed by atoms with Gasteiger partial charge in [0.15, 0.2) is 9.84 Å². The zero-order chi connectivity index (χ0) is 28.6. The molecule has 9 nitrogen and oxygen atoms in total. The van der Waals surface area contributed by atoms with Crippen LogP contribution in [0.15, 0.2) is 71.8 Å². The van der Waals surface area contributed by atoms with Crippen LogP contribution in [-0.4, -0.2) is 41.6 Å². The van der Waals surface area contributed by atoms with E-state index in [1.807, 2.05) is 49.4 Å². The molecule has 0 aliphatic carbocycles. The number of anilines is 1. The number of ether oxygens (including phenoxy) is 1. The molecule has 2 aromatic carbocycles. The number of amides is 1. The molecule has 12 heteroatoms. The third-order valence-electron chi connectivity index (χ3n) is 6.28. The summed E-state index contributed by atoms with van der Waals surface area (Å²) in [5.41, 5.74) is 2.59. The van der Waals surface area contributed by atoms with Crippen LogP contribution >= 0.6 is 22.7 Å². The zero-order valence-electron chi connectivity index (χ0n) is 21.7. The molecule has 0 unspecified atom stereocenters. The fraction of sp³-hybridized carbons (Fsp3) is 0.179. The number of rotatable bonds is 8. The SMILES string of the molecule is C[C@@H](OC(=O)Nc1c(-c2cc3sc(-c4ccc(CC(=O)O)c(S(C)(=O)=O)c4)cc3s2)cnn1C)c1ccccc1. The third kappa shape index (κ3) is 5.79. The molecule has 0 aliphatic heterocycles. The first-order valence-corrected chi connectivity index (χ1v) is 15.7. The van der Waals surface area contributed by atoms with E-state index in [-0.39, 0.29) is 16.9 Å². The first-order chi connectivity index (χ1) is 19.0. The van der Waals surface area contributed by atoms with Crippen molar-refractivity contribution in [2.75, 3.05) is 11.6 Å². The van der Waals surface area contributed by atoms with E-state index in [0.29, 0.717) is 11.4 Å². The Bertz CT molecular complexity index is 1810. The van der Waals surface area contributed by atoms with Gasteiger partial charge in [-0.1, -0.05) is 42.5 Å². The van der Waals surface area contributed by atoms with Gasteiger partial charge < -0.3 is 9.84 Å². The van der Waals surface area contributed by atoms with Crippen molar-refractivity contribution in [1.29, 1.82) is 0 Å². The number of hydrogen-bond acceptors (Lipinski definition) is 8. The minimum absolute atomic E-state index is 0.0180. The van der Waals surface area contributed by atoms with Crippen molar-refractivity contribution in [2.24, 2.45) is 7.05 Å². The Balaban J connectivity index is 1.39. The summed E-state index contributed by atoms with van der Waals surface area (Å²) < 4.78 is 33.8. The highest BCUT2D eigenvalue weighted by atomic mass is 32.2. The van der Waals surface area contributed by atoms with E-state index in [4.69, 9.17) is 9.84 Å². The van der Waals surface area contributed by atoms with E-state index in [9.17, 15) is 18.0 Å². The van der Waals surface area contributed by atoms with Crippen molar-refractivity contribution >= 4 is 59.8 Å². The number of aromatic nitrogens is 2. The number of carboxylic acid groups (broad SMARTS) is 1. The highest BCUT2D eigenvalue weighted by molar-refractivity contribution is 7.90. The van der Waals surface area contributed by atoms with Crippen molar-refractivity contribution in [2.45, 2.75) is 24.3 Å². The maximum atomic E-state index is 12.7. The third-order valence-corrected chi connectivity index (χ3v) is 9.83. The molecule has 0 radical (unpaired) electrons. The first-order valence-electron chi connectivity index (χ1n) is 12.1. The summed E-state index contributed by atoms with van der Waals surface area (Å²) in [6.45, 7) is 1.81. The zero-order valence-corrected chi connectivity index (χ0v) is 24.2. The van der Waals surface area contributed by atoms with E-state index in [2.05, 4.69) is 10.4 Å². The minimum atomic E-state index is -3.62. The molecule has 0 aliphatic rings. The average Bonchev–Trinajstić information content (AvgIpc) is 3.57. The summed E-state index contributed by atoms with van der Waals surface area (Å²) in [6.07, 6.45) is 1.38. The standard InChI is InChI=1S/C28H25N3O6S3/c1-16(17-7-5-4-6-8-17)37-28(34)30-27-20(15-29-31(27)2)22-14-24-23(39-22)13-21(38-24)18-9-10-19(12-26(32)33)25(11-18)40(3,35)36/h4-11,13-16H,12H2,1-3H3,(H,30,34)(H,32,33)/t16-/m1/s1. The lowest BCUT2D eigenvalue weighted by atomic mass is 10.1. The molecule has 3 heterocycles. The van der Waals surface area contributed by atoms with Gasteiger partial charge >= 0.3 is 12.1 Å². The Morgan fingerprint density at radius 3 is 2.40 bits per heavy atom. The van der Waals surface area contributed by atoms with Crippen LogP contribution in [0.1, 0.15) is 24.2 Å². The Hall–Kier alpha value is -4.00. The normalized spacial score (nSPS) is 12.4. The van der Waals surface area contributed by atoms with E-state index >= 15 is 0 Å². The molecule has 0 saturated carbocycles. The number of benzene rings is 2. The van der Waals surface area contributed by atoms with E-state index < -0.39 is 28.0 Å². The lowest BCUT2D eigenvalue weighted by Gasteiger charge is -2.14. The molecule has 40 heavy (non-hydrogen) atoms. The molecule has 0 bridgehead atoms. The Morgan fingerprint density at radius 1 is 1.05 bits per heavy atom. The van der Waals surface area contributed by atoms with Crippen LogP contribution in [0.2, 0.25) is 0 Å².